The first-order valence-electron chi connectivity index (χ1n) is 8.30. The number of nitrogens with zero attached hydrogens (tertiary/aromatic N) is 1. The summed E-state index contributed by atoms with van der Waals surface area (Å²) in [6, 6.07) is 6.85. The molecule has 24 heavy (non-hydrogen) atoms. The number of benzene rings is 1. The Morgan fingerprint density at radius 3 is 2.25 bits per heavy atom. The number of fused-ring (bicyclic) bond motifs is 1. The van der Waals surface area contributed by atoms with E-state index in [1.54, 1.807) is 24.3 Å². The van der Waals surface area contributed by atoms with Crippen LogP contribution in [0.1, 0.15) is 32.1 Å². The lowest BCUT2D eigenvalue weighted by atomic mass is 9.81. The minimum absolute atomic E-state index is 0.0189. The summed E-state index contributed by atoms with van der Waals surface area (Å²) in [6.07, 6.45) is 3.51. The second-order valence-corrected chi connectivity index (χ2v) is 6.20. The molecule has 3 rings (SSSR count). The van der Waals surface area contributed by atoms with Crippen molar-refractivity contribution >= 4 is 17.8 Å². The van der Waals surface area contributed by atoms with Crippen LogP contribution in [0, 0.1) is 11.8 Å². The first kappa shape index (κ1) is 16.5. The Morgan fingerprint density at radius 2 is 1.67 bits per heavy atom. The third kappa shape index (κ3) is 3.13. The van der Waals surface area contributed by atoms with Gasteiger partial charge in [0.15, 0.2) is 11.5 Å². The van der Waals surface area contributed by atoms with Gasteiger partial charge in [-0.3, -0.25) is 19.3 Å². The molecule has 128 valence electrons. The van der Waals surface area contributed by atoms with Gasteiger partial charge >= 0.3 is 5.97 Å². The van der Waals surface area contributed by atoms with Gasteiger partial charge in [-0.1, -0.05) is 25.0 Å². The molecule has 0 unspecified atom stereocenters. The molecule has 1 aromatic carbocycles. The smallest absolute Gasteiger partial charge is 0.313 e. The van der Waals surface area contributed by atoms with Gasteiger partial charge in [0.2, 0.25) is 11.8 Å². The summed E-state index contributed by atoms with van der Waals surface area (Å²) in [6.45, 7) is 0.0820. The molecule has 6 nitrogen and oxygen atoms in total. The van der Waals surface area contributed by atoms with Crippen LogP contribution >= 0.6 is 0 Å². The van der Waals surface area contributed by atoms with Gasteiger partial charge in [-0.05, 0) is 25.0 Å². The number of para-hydroxylation sites is 2. The minimum atomic E-state index is -0.491. The summed E-state index contributed by atoms with van der Waals surface area (Å²) in [7, 11) is 1.50. The molecular weight excluding hydrogens is 310 g/mol. The third-order valence-corrected chi connectivity index (χ3v) is 4.76. The van der Waals surface area contributed by atoms with E-state index >= 15 is 0 Å². The highest BCUT2D eigenvalue weighted by Gasteiger charge is 2.47. The molecule has 0 spiro atoms. The van der Waals surface area contributed by atoms with Gasteiger partial charge in [-0.2, -0.15) is 0 Å². The molecule has 1 aromatic rings. The highest BCUT2D eigenvalue weighted by Crippen LogP contribution is 2.38. The van der Waals surface area contributed by atoms with Crippen LogP contribution in [0.4, 0.5) is 0 Å². The number of hydrogen-bond donors (Lipinski definition) is 0. The monoisotopic (exact) mass is 331 g/mol. The Bertz CT molecular complexity index is 633. The van der Waals surface area contributed by atoms with Crippen LogP contribution in [0.25, 0.3) is 0 Å². The molecule has 2 aliphatic rings. The van der Waals surface area contributed by atoms with E-state index in [1.807, 2.05) is 0 Å². The fourth-order valence-electron chi connectivity index (χ4n) is 3.53. The standard InChI is InChI=1S/C18H21NO5/c1-23-14-8-4-5-9-15(14)24-16(20)10-11-19-17(21)12-6-2-3-7-13(12)18(19)22/h4-5,8-9,12-13H,2-3,6-7,10-11H2,1H3/t12-,13-/m0/s1. The van der Waals surface area contributed by atoms with E-state index in [4.69, 9.17) is 9.47 Å². The maximum Gasteiger partial charge on any atom is 0.313 e. The van der Waals surface area contributed by atoms with Crippen molar-refractivity contribution in [2.75, 3.05) is 13.7 Å². The minimum Gasteiger partial charge on any atom is -0.493 e. The van der Waals surface area contributed by atoms with Crippen LogP contribution < -0.4 is 9.47 Å². The lowest BCUT2D eigenvalue weighted by Gasteiger charge is -2.19. The molecule has 1 saturated carbocycles. The number of likely N-dealkylation sites (tertiary alicyclic amines) is 1. The molecule has 0 aromatic heterocycles. The molecule has 1 heterocycles. The second-order valence-electron chi connectivity index (χ2n) is 6.20. The van der Waals surface area contributed by atoms with Gasteiger partial charge in [0.25, 0.3) is 0 Å². The van der Waals surface area contributed by atoms with E-state index < -0.39 is 5.97 Å². The number of rotatable bonds is 5. The zero-order valence-corrected chi connectivity index (χ0v) is 13.7. The normalized spacial score (nSPS) is 23.1. The van der Waals surface area contributed by atoms with E-state index in [-0.39, 0.29) is 36.6 Å². The van der Waals surface area contributed by atoms with E-state index in [0.717, 1.165) is 25.7 Å². The van der Waals surface area contributed by atoms with Gasteiger partial charge in [-0.25, -0.2) is 0 Å². The van der Waals surface area contributed by atoms with Crippen LogP contribution in [-0.4, -0.2) is 36.3 Å². The lowest BCUT2D eigenvalue weighted by molar-refractivity contribution is -0.141. The van der Waals surface area contributed by atoms with Gasteiger partial charge in [-0.15, -0.1) is 0 Å². The van der Waals surface area contributed by atoms with Crippen LogP contribution in [-0.2, 0) is 14.4 Å². The SMILES string of the molecule is COc1ccccc1OC(=O)CCN1C(=O)[C@H]2CCCC[C@@H]2C1=O. The number of esters is 1. The summed E-state index contributed by atoms with van der Waals surface area (Å²) in [5.41, 5.74) is 0. The van der Waals surface area contributed by atoms with Crippen LogP contribution in [0.5, 0.6) is 11.5 Å². The van der Waals surface area contributed by atoms with Gasteiger partial charge < -0.3 is 9.47 Å². The zero-order valence-electron chi connectivity index (χ0n) is 13.7. The van der Waals surface area contributed by atoms with Gasteiger partial charge in [0.05, 0.1) is 25.4 Å². The van der Waals surface area contributed by atoms with Crippen molar-refractivity contribution in [1.82, 2.24) is 4.90 Å². The van der Waals surface area contributed by atoms with Crippen molar-refractivity contribution in [3.05, 3.63) is 24.3 Å². The molecular formula is C18H21NO5. The predicted octanol–water partition coefficient (Wildman–Crippen LogP) is 2.17. The summed E-state index contributed by atoms with van der Waals surface area (Å²) in [5.74, 6) is -0.324. The molecule has 0 bridgehead atoms. The number of amides is 2. The Hall–Kier alpha value is -2.37. The van der Waals surface area contributed by atoms with Crippen molar-refractivity contribution in [3.8, 4) is 11.5 Å². The van der Waals surface area contributed by atoms with E-state index in [0.29, 0.717) is 11.5 Å². The largest absolute Gasteiger partial charge is 0.493 e. The highest BCUT2D eigenvalue weighted by molar-refractivity contribution is 6.05. The van der Waals surface area contributed by atoms with Crippen molar-refractivity contribution in [3.63, 3.8) is 0 Å². The number of carbonyl (C=O) groups is 3. The number of ether oxygens (including phenoxy) is 2. The Labute approximate surface area is 140 Å². The first-order valence-corrected chi connectivity index (χ1v) is 8.30. The van der Waals surface area contributed by atoms with Crippen molar-refractivity contribution in [2.24, 2.45) is 11.8 Å². The summed E-state index contributed by atoms with van der Waals surface area (Å²) >= 11 is 0. The molecule has 1 saturated heterocycles. The van der Waals surface area contributed by atoms with Crippen LogP contribution in [0.3, 0.4) is 0 Å². The average Bonchev–Trinajstić information content (AvgIpc) is 2.85. The topological polar surface area (TPSA) is 72.9 Å². The highest BCUT2D eigenvalue weighted by atomic mass is 16.6. The maximum atomic E-state index is 12.4. The summed E-state index contributed by atoms with van der Waals surface area (Å²) in [4.78, 5) is 38.0. The maximum absolute atomic E-state index is 12.4. The number of carbonyl (C=O) groups excluding carboxylic acids is 3. The van der Waals surface area contributed by atoms with Crippen LogP contribution in [0.15, 0.2) is 24.3 Å². The Balaban J connectivity index is 1.58. The Kier molecular flexibility index (Phi) is 4.83. The van der Waals surface area contributed by atoms with E-state index in [2.05, 4.69) is 0 Å². The quantitative estimate of drug-likeness (QED) is 0.470. The zero-order chi connectivity index (χ0) is 17.1. The molecule has 2 fully saturated rings. The summed E-state index contributed by atoms with van der Waals surface area (Å²) in [5, 5.41) is 0. The average molecular weight is 331 g/mol. The second kappa shape index (κ2) is 7.03. The fraction of sp³-hybridized carbons (Fsp3) is 0.500. The number of hydrogen-bond acceptors (Lipinski definition) is 5. The molecule has 1 aliphatic carbocycles. The molecule has 0 radical (unpaired) electrons. The van der Waals surface area contributed by atoms with Gasteiger partial charge in [0.1, 0.15) is 0 Å². The lowest BCUT2D eigenvalue weighted by Crippen LogP contribution is -2.33. The molecule has 1 aliphatic heterocycles. The first-order chi connectivity index (χ1) is 11.6. The number of methoxy groups -OCH3 is 1. The predicted molar refractivity (Wildman–Crippen MR) is 85.4 cm³/mol. The molecule has 6 heteroatoms. The van der Waals surface area contributed by atoms with Crippen molar-refractivity contribution in [1.29, 1.82) is 0 Å². The fourth-order valence-corrected chi connectivity index (χ4v) is 3.53. The summed E-state index contributed by atoms with van der Waals surface area (Å²) < 4.78 is 10.4. The van der Waals surface area contributed by atoms with E-state index in [1.165, 1.54) is 12.0 Å². The van der Waals surface area contributed by atoms with E-state index in [9.17, 15) is 14.4 Å². The van der Waals surface area contributed by atoms with Crippen LogP contribution in [0.2, 0.25) is 0 Å². The Morgan fingerprint density at radius 1 is 1.08 bits per heavy atom. The van der Waals surface area contributed by atoms with Gasteiger partial charge in [0, 0.05) is 6.54 Å². The van der Waals surface area contributed by atoms with Crippen molar-refractivity contribution in [2.45, 2.75) is 32.1 Å². The number of imide groups is 1. The molecule has 0 N–H and O–H groups in total. The third-order valence-electron chi connectivity index (χ3n) is 4.76. The molecule has 2 atom stereocenters. The molecule has 2 amide bonds. The van der Waals surface area contributed by atoms with Crippen molar-refractivity contribution < 1.29 is 23.9 Å².